The Morgan fingerprint density at radius 2 is 2.00 bits per heavy atom. The van der Waals surface area contributed by atoms with Crippen molar-refractivity contribution in [3.05, 3.63) is 35.1 Å². The Balaban J connectivity index is 1.54. The van der Waals surface area contributed by atoms with Crippen LogP contribution in [0.1, 0.15) is 57.4 Å². The molecule has 3 fully saturated rings. The van der Waals surface area contributed by atoms with E-state index in [0.29, 0.717) is 11.8 Å². The van der Waals surface area contributed by atoms with Gasteiger partial charge < -0.3 is 15.3 Å². The van der Waals surface area contributed by atoms with E-state index < -0.39 is 6.10 Å². The molecule has 4 nitrogen and oxygen atoms in total. The quantitative estimate of drug-likeness (QED) is 0.680. The summed E-state index contributed by atoms with van der Waals surface area (Å²) < 4.78 is 0. The summed E-state index contributed by atoms with van der Waals surface area (Å²) in [5.74, 6) is 1.11. The van der Waals surface area contributed by atoms with Crippen molar-refractivity contribution >= 4 is 17.2 Å². The number of aliphatic hydroxyl groups is 3. The fourth-order valence-corrected chi connectivity index (χ4v) is 8.35. The molecule has 0 aromatic carbocycles. The van der Waals surface area contributed by atoms with Crippen LogP contribution in [0.3, 0.4) is 0 Å². The normalized spacial score (nSPS) is 46.8. The van der Waals surface area contributed by atoms with Gasteiger partial charge in [0.15, 0.2) is 0 Å². The van der Waals surface area contributed by atoms with Crippen LogP contribution in [0.2, 0.25) is 0 Å². The van der Waals surface area contributed by atoms with Crippen LogP contribution in [0.5, 0.6) is 0 Å². The number of aliphatic hydroxyl groups excluding tert-OH is 3. The van der Waals surface area contributed by atoms with Crippen LogP contribution in [0, 0.1) is 34.5 Å². The number of pyridine rings is 1. The van der Waals surface area contributed by atoms with Crippen molar-refractivity contribution in [2.75, 3.05) is 6.61 Å². The van der Waals surface area contributed by atoms with E-state index in [1.54, 1.807) is 6.20 Å². The molecule has 0 bridgehead atoms. The van der Waals surface area contributed by atoms with Gasteiger partial charge >= 0.3 is 0 Å². The average Bonchev–Trinajstić information content (AvgIpc) is 3.02. The Hall–Kier alpha value is -0.940. The second-order valence-electron chi connectivity index (χ2n) is 10.3. The van der Waals surface area contributed by atoms with Gasteiger partial charge in [0.2, 0.25) is 0 Å². The van der Waals surface area contributed by atoms with Crippen LogP contribution in [0.15, 0.2) is 29.6 Å². The Morgan fingerprint density at radius 1 is 1.17 bits per heavy atom. The zero-order chi connectivity index (χ0) is 20.4. The Kier molecular flexibility index (Phi) is 4.86. The van der Waals surface area contributed by atoms with Gasteiger partial charge in [-0.25, -0.2) is 0 Å². The molecule has 4 aliphatic carbocycles. The molecular weight excluding hydrogens is 386 g/mol. The van der Waals surface area contributed by atoms with E-state index in [9.17, 15) is 15.3 Å². The number of hydrogen-bond donors (Lipinski definition) is 3. The molecule has 1 aromatic rings. The van der Waals surface area contributed by atoms with Crippen molar-refractivity contribution in [1.82, 2.24) is 4.98 Å². The largest absolute Gasteiger partial charge is 0.395 e. The molecule has 8 atom stereocenters. The van der Waals surface area contributed by atoms with Crippen molar-refractivity contribution < 1.29 is 15.3 Å². The highest BCUT2D eigenvalue weighted by Gasteiger charge is 2.63. The Morgan fingerprint density at radius 3 is 2.72 bits per heavy atom. The fourth-order valence-electron chi connectivity index (χ4n) is 7.88. The Labute approximate surface area is 178 Å². The monoisotopic (exact) mass is 417 g/mol. The number of aromatic nitrogens is 1. The smallest absolute Gasteiger partial charge is 0.0577 e. The second kappa shape index (κ2) is 7.05. The number of hydrogen-bond acceptors (Lipinski definition) is 4. The van der Waals surface area contributed by atoms with Crippen LogP contribution in [-0.2, 0) is 0 Å². The van der Waals surface area contributed by atoms with Crippen LogP contribution < -0.4 is 0 Å². The summed E-state index contributed by atoms with van der Waals surface area (Å²) in [6.45, 7) is 2.46. The molecule has 3 N–H and O–H groups in total. The summed E-state index contributed by atoms with van der Waals surface area (Å²) >= 11 is 6.85. The molecule has 0 amide bonds. The first-order valence-corrected chi connectivity index (χ1v) is 11.5. The maximum absolute atomic E-state index is 11.3. The summed E-state index contributed by atoms with van der Waals surface area (Å²) in [7, 11) is 0. The van der Waals surface area contributed by atoms with E-state index in [-0.39, 0.29) is 35.4 Å². The molecule has 29 heavy (non-hydrogen) atoms. The Bertz CT molecular complexity index is 814. The lowest BCUT2D eigenvalue weighted by atomic mass is 9.43. The van der Waals surface area contributed by atoms with Gasteiger partial charge in [0.1, 0.15) is 0 Å². The molecular formula is C24H32ClNO3. The van der Waals surface area contributed by atoms with Crippen molar-refractivity contribution in [3.63, 3.8) is 0 Å². The molecule has 5 rings (SSSR count). The highest BCUT2D eigenvalue weighted by molar-refractivity contribution is 6.33. The fraction of sp³-hybridized carbons (Fsp3) is 0.708. The third-order valence-corrected chi connectivity index (χ3v) is 9.61. The highest BCUT2D eigenvalue weighted by Crippen LogP contribution is 2.68. The first-order valence-electron chi connectivity index (χ1n) is 11.2. The SMILES string of the molecule is CC12CCC(O)CC1CC(O)C1C3CC(Cl)=C(c4cccnc4)C3(CO)CCC12. The van der Waals surface area contributed by atoms with Crippen LogP contribution in [0.4, 0.5) is 0 Å². The molecule has 4 aliphatic rings. The van der Waals surface area contributed by atoms with E-state index in [0.717, 1.165) is 61.1 Å². The second-order valence-corrected chi connectivity index (χ2v) is 10.8. The summed E-state index contributed by atoms with van der Waals surface area (Å²) in [4.78, 5) is 4.29. The molecule has 5 heteroatoms. The number of fused-ring (bicyclic) bond motifs is 5. The summed E-state index contributed by atoms with van der Waals surface area (Å²) in [5.41, 5.74) is 1.83. The van der Waals surface area contributed by atoms with Gasteiger partial charge in [0.25, 0.3) is 0 Å². The minimum Gasteiger partial charge on any atom is -0.395 e. The van der Waals surface area contributed by atoms with E-state index in [1.807, 2.05) is 18.3 Å². The summed E-state index contributed by atoms with van der Waals surface area (Å²) in [6, 6.07) is 3.96. The van der Waals surface area contributed by atoms with Crippen molar-refractivity contribution in [3.8, 4) is 0 Å². The standard InChI is InChI=1S/C24H32ClNO3/c1-23-6-4-16(28)9-15(23)10-20(29)21-17(23)5-7-24(13-27)18(21)11-19(25)22(24)14-3-2-8-26-12-14/h2-3,8,12,15-18,20-21,27-29H,4-7,9-11,13H2,1H3. The predicted molar refractivity (Wildman–Crippen MR) is 113 cm³/mol. The number of halogens is 1. The maximum Gasteiger partial charge on any atom is 0.0577 e. The van der Waals surface area contributed by atoms with E-state index in [1.165, 1.54) is 0 Å². The van der Waals surface area contributed by atoms with Crippen molar-refractivity contribution in [1.29, 1.82) is 0 Å². The predicted octanol–water partition coefficient (Wildman–Crippen LogP) is 3.99. The lowest BCUT2D eigenvalue weighted by Crippen LogP contribution is -2.59. The van der Waals surface area contributed by atoms with Crippen molar-refractivity contribution in [2.45, 2.75) is 64.1 Å². The van der Waals surface area contributed by atoms with E-state index >= 15 is 0 Å². The van der Waals surface area contributed by atoms with Crippen molar-refractivity contribution in [2.24, 2.45) is 34.5 Å². The minimum absolute atomic E-state index is 0.0624. The summed E-state index contributed by atoms with van der Waals surface area (Å²) in [6.07, 6.45) is 9.08. The molecule has 158 valence electrons. The number of nitrogens with zero attached hydrogens (tertiary/aromatic N) is 1. The lowest BCUT2D eigenvalue weighted by molar-refractivity contribution is -0.169. The zero-order valence-electron chi connectivity index (χ0n) is 17.1. The third-order valence-electron chi connectivity index (χ3n) is 9.26. The lowest BCUT2D eigenvalue weighted by Gasteiger charge is -2.62. The first-order chi connectivity index (χ1) is 13.9. The molecule has 1 heterocycles. The molecule has 0 spiro atoms. The van der Waals surface area contributed by atoms with Gasteiger partial charge in [-0.2, -0.15) is 0 Å². The van der Waals surface area contributed by atoms with Gasteiger partial charge in [-0.1, -0.05) is 24.6 Å². The molecule has 3 saturated carbocycles. The van der Waals surface area contributed by atoms with Gasteiger partial charge in [0, 0.05) is 22.8 Å². The van der Waals surface area contributed by atoms with E-state index in [2.05, 4.69) is 11.9 Å². The molecule has 0 radical (unpaired) electrons. The van der Waals surface area contributed by atoms with E-state index in [4.69, 9.17) is 11.6 Å². The topological polar surface area (TPSA) is 73.6 Å². The minimum atomic E-state index is -0.391. The molecule has 0 saturated heterocycles. The molecule has 8 unspecified atom stereocenters. The average molecular weight is 418 g/mol. The molecule has 1 aromatic heterocycles. The maximum atomic E-state index is 11.3. The number of rotatable bonds is 2. The van der Waals surface area contributed by atoms with Crippen LogP contribution in [-0.4, -0.2) is 39.1 Å². The van der Waals surface area contributed by atoms with Gasteiger partial charge in [-0.3, -0.25) is 4.98 Å². The number of allylic oxidation sites excluding steroid dienone is 1. The summed E-state index contributed by atoms with van der Waals surface area (Å²) in [5, 5.41) is 33.0. The van der Waals surface area contributed by atoms with Crippen LogP contribution >= 0.6 is 11.6 Å². The van der Waals surface area contributed by atoms with Gasteiger partial charge in [-0.15, -0.1) is 0 Å². The first kappa shape index (κ1) is 20.0. The highest BCUT2D eigenvalue weighted by atomic mass is 35.5. The van der Waals surface area contributed by atoms with Crippen LogP contribution in [0.25, 0.3) is 5.57 Å². The van der Waals surface area contributed by atoms with Gasteiger partial charge in [-0.05, 0) is 91.2 Å². The third kappa shape index (κ3) is 2.79. The zero-order valence-corrected chi connectivity index (χ0v) is 17.9. The van der Waals surface area contributed by atoms with Gasteiger partial charge in [0.05, 0.1) is 18.8 Å². The molecule has 0 aliphatic heterocycles.